The Kier molecular flexibility index (Phi) is 88.3. The number of ether oxygens (including phenoxy) is 1. The van der Waals surface area contributed by atoms with Crippen molar-refractivity contribution in [3.8, 4) is 0 Å². The van der Waals surface area contributed by atoms with Crippen LogP contribution in [0.5, 0.6) is 0 Å². The highest BCUT2D eigenvalue weighted by atomic mass is 16.6. The summed E-state index contributed by atoms with van der Waals surface area (Å²) in [6, 6.07) is 0. The van der Waals surface area contributed by atoms with Gasteiger partial charge in [0.15, 0.2) is 0 Å². The second-order valence-corrected chi connectivity index (χ2v) is 26.6. The zero-order valence-corrected chi connectivity index (χ0v) is 68.8. The number of likely N-dealkylation sites (N-methyl/N-ethyl adjacent to an activating group) is 4. The average Bonchev–Trinajstić information content (AvgIpc) is 1.00. The summed E-state index contributed by atoms with van der Waals surface area (Å²) in [6.45, 7) is 23.4. The number of unbranched alkanes of at least 4 members (excludes halogenated alkanes) is 1. The van der Waals surface area contributed by atoms with Crippen LogP contribution in [0.2, 0.25) is 0 Å². The summed E-state index contributed by atoms with van der Waals surface area (Å²) in [5, 5.41) is 8.64. The smallest absolute Gasteiger partial charge is 0.407 e. The first-order valence-electron chi connectivity index (χ1n) is 40.1. The number of ketones is 1. The van der Waals surface area contributed by atoms with Crippen LogP contribution in [0, 0.1) is 0 Å². The largest absolute Gasteiger partial charge is 0.444 e. The molecule has 11 N–H and O–H groups in total. The van der Waals surface area contributed by atoms with Crippen molar-refractivity contribution in [3.63, 3.8) is 0 Å². The molecule has 0 aromatic carbocycles. The highest BCUT2D eigenvalue weighted by Gasteiger charge is 2.15. The molecule has 0 rings (SSSR count). The van der Waals surface area contributed by atoms with Gasteiger partial charge >= 0.3 is 6.09 Å². The van der Waals surface area contributed by atoms with Crippen LogP contribution in [-0.2, 0) is 19.1 Å². The van der Waals surface area contributed by atoms with E-state index in [1.807, 2.05) is 41.9 Å². The number of nitrogens with zero attached hydrogens (tertiary/aromatic N) is 4. The van der Waals surface area contributed by atoms with Crippen molar-refractivity contribution in [2.24, 2.45) is 22.9 Å². The van der Waals surface area contributed by atoms with Gasteiger partial charge in [-0.05, 0) is 197 Å². The van der Waals surface area contributed by atoms with Crippen molar-refractivity contribution >= 4 is 23.7 Å². The molecule has 0 aliphatic heterocycles. The van der Waals surface area contributed by atoms with Crippen molar-refractivity contribution in [2.75, 3.05) is 126 Å². The van der Waals surface area contributed by atoms with Crippen molar-refractivity contribution in [2.45, 2.75) is 214 Å². The Hall–Kier alpha value is -6.86. The standard InChI is InChI=1S/C48H74N2O2.C27H45N3O.C10H23N3O2.C5H15N3/c1-4-6-8-10-12-14-16-18-20-22-23-25-27-29-31-33-35-37-39-43-48(52)49-44-46-50(3)45-40-42-47(51)41-38-36-34-32-30-28-26-24-21-19-17-15-13-11-9-7-5-2;1-3-4-5-6-7-8-9-10-11-12-13-14-15-16-17-18-19-20-21-22-27(31)29-24-26-30(2)25-23-28;1-10(2,3)15-9(14)12-6-8-13(4)7-5-11;1-8(4-2-6)5-3-7/h6-9,12-15,18-21,23,25-26,28-29,31-32,34-35,37H,4-5,10-11,16-17,22,24,27,30,33,36,38-46H2,1-3H3,(H,49,52);4-5,7-8,10-11,13-14,16-17,19-20H,3,6,9,12,15,18,21-26,28H2,1-2H3,(H,29,31);5-8,11H2,1-4H3,(H,12,14);2-7H2,1H3/b8-6-,9-7-,14-12-,15-13-,20-18-,21-19-,25-23-,28-26-,31-29-,34-32-,37-35-;5-4-,8-7-,11-10-,14-13-,17-16-,20-19-;;. The second-order valence-electron chi connectivity index (χ2n) is 26.6. The Morgan fingerprint density at radius 3 is 0.783 bits per heavy atom. The van der Waals surface area contributed by atoms with E-state index >= 15 is 0 Å². The Labute approximate surface area is 649 Å². The summed E-state index contributed by atoms with van der Waals surface area (Å²) >= 11 is 0. The third-order valence-electron chi connectivity index (χ3n) is 15.1. The van der Waals surface area contributed by atoms with E-state index in [2.05, 4.69) is 270 Å². The molecule has 16 heteroatoms. The highest BCUT2D eigenvalue weighted by Crippen LogP contribution is 2.08. The number of allylic oxidation sites excluding steroid dienone is 34. The predicted octanol–water partition coefficient (Wildman–Crippen LogP) is 17.5. The summed E-state index contributed by atoms with van der Waals surface area (Å²) in [7, 11) is 8.04. The molecule has 106 heavy (non-hydrogen) atoms. The first-order chi connectivity index (χ1) is 51.5. The number of amides is 3. The topological polar surface area (TPSA) is 231 Å². The minimum Gasteiger partial charge on any atom is -0.444 e. The van der Waals surface area contributed by atoms with E-state index < -0.39 is 5.60 Å². The second kappa shape index (κ2) is 88.8. The zero-order valence-electron chi connectivity index (χ0n) is 68.8. The summed E-state index contributed by atoms with van der Waals surface area (Å²) in [5.41, 5.74) is 21.0. The van der Waals surface area contributed by atoms with Gasteiger partial charge in [0.25, 0.3) is 0 Å². The molecule has 0 saturated heterocycles. The first kappa shape index (κ1) is 105. The molecular formula is C90H157N11O5. The summed E-state index contributed by atoms with van der Waals surface area (Å²) in [4.78, 5) is 55.8. The fourth-order valence-electron chi connectivity index (χ4n) is 9.11. The Balaban J connectivity index is -0.000000801. The number of carbonyl (C=O) groups is 4. The van der Waals surface area contributed by atoms with Crippen LogP contribution in [-0.4, -0.2) is 175 Å². The van der Waals surface area contributed by atoms with Gasteiger partial charge in [-0.3, -0.25) is 14.4 Å². The van der Waals surface area contributed by atoms with E-state index in [1.165, 1.54) is 0 Å². The van der Waals surface area contributed by atoms with Crippen LogP contribution < -0.4 is 38.9 Å². The first-order valence-corrected chi connectivity index (χ1v) is 40.1. The fraction of sp³-hybridized carbons (Fsp3) is 0.578. The molecule has 0 aromatic rings. The molecule has 0 atom stereocenters. The third-order valence-corrected chi connectivity index (χ3v) is 15.1. The molecule has 0 fully saturated rings. The Morgan fingerprint density at radius 2 is 0.519 bits per heavy atom. The van der Waals surface area contributed by atoms with Crippen molar-refractivity contribution < 1.29 is 23.9 Å². The van der Waals surface area contributed by atoms with Crippen LogP contribution in [0.25, 0.3) is 0 Å². The van der Waals surface area contributed by atoms with Crippen LogP contribution >= 0.6 is 0 Å². The molecule has 0 aromatic heterocycles. The Bertz CT molecular complexity index is 2530. The highest BCUT2D eigenvalue weighted by molar-refractivity contribution is 5.78. The van der Waals surface area contributed by atoms with Gasteiger partial charge in [0.05, 0.1) is 0 Å². The Morgan fingerprint density at radius 1 is 0.292 bits per heavy atom. The molecule has 0 radical (unpaired) electrons. The number of Topliss-reactive ketones (excluding diaryl/α,β-unsaturated/α-hetero) is 1. The quantitative estimate of drug-likeness (QED) is 0.0222. The van der Waals surface area contributed by atoms with Crippen LogP contribution in [0.15, 0.2) is 207 Å². The SMILES string of the molecule is CC/C=C\C/C=C\C/C=C\C/C=C\C/C=C\C/C=C\CCC(=O)NCCN(C)CCCC(=O)CCC/C=C\C/C=C\C/C=C\C/C=C\C/C=C\CC.CC/C=C\C/C=C\C/C=C\C/C=C\C/C=C\C/C=C\CCC(=O)NCCN(C)CCN.CN(CCN)CCN.CN(CCN)CCNC(=O)OC(C)(C)C. The number of carbonyl (C=O) groups excluding carboxylic acids is 4. The van der Waals surface area contributed by atoms with Gasteiger partial charge in [-0.2, -0.15) is 0 Å². The molecule has 16 nitrogen and oxygen atoms in total. The van der Waals surface area contributed by atoms with E-state index in [1.54, 1.807) is 0 Å². The normalized spacial score (nSPS) is 12.7. The molecule has 0 unspecified atom stereocenters. The summed E-state index contributed by atoms with van der Waals surface area (Å²) in [6.07, 6.45) is 97.8. The van der Waals surface area contributed by atoms with Gasteiger partial charge in [0.1, 0.15) is 11.4 Å². The minimum absolute atomic E-state index is 0.0932. The van der Waals surface area contributed by atoms with Crippen LogP contribution in [0.4, 0.5) is 4.79 Å². The fourth-order valence-corrected chi connectivity index (χ4v) is 9.11. The number of hydrogen-bond acceptors (Lipinski definition) is 13. The number of hydrogen-bond donors (Lipinski definition) is 7. The van der Waals surface area contributed by atoms with Gasteiger partial charge in [0, 0.05) is 117 Å². The maximum absolute atomic E-state index is 12.3. The molecule has 0 saturated carbocycles. The van der Waals surface area contributed by atoms with Gasteiger partial charge in [-0.15, -0.1) is 0 Å². The molecule has 0 aliphatic rings. The molecule has 602 valence electrons. The monoisotopic (exact) mass is 1470 g/mol. The van der Waals surface area contributed by atoms with E-state index in [9.17, 15) is 19.2 Å². The lowest BCUT2D eigenvalue weighted by Crippen LogP contribution is -2.38. The minimum atomic E-state index is -0.437. The van der Waals surface area contributed by atoms with Gasteiger partial charge in [0.2, 0.25) is 11.8 Å². The predicted molar refractivity (Wildman–Crippen MR) is 464 cm³/mol. The molecular weight excluding hydrogens is 1320 g/mol. The number of nitrogens with two attached hydrogens (primary N) is 4. The lowest BCUT2D eigenvalue weighted by molar-refractivity contribution is -0.121. The van der Waals surface area contributed by atoms with Crippen LogP contribution in [0.1, 0.15) is 208 Å². The van der Waals surface area contributed by atoms with Gasteiger partial charge < -0.3 is 63.2 Å². The number of rotatable bonds is 62. The number of nitrogens with one attached hydrogen (secondary N) is 3. The van der Waals surface area contributed by atoms with Crippen molar-refractivity contribution in [3.05, 3.63) is 207 Å². The third kappa shape index (κ3) is 99.2. The maximum Gasteiger partial charge on any atom is 0.407 e. The molecule has 0 aliphatic carbocycles. The summed E-state index contributed by atoms with van der Waals surface area (Å²) < 4.78 is 5.09. The van der Waals surface area contributed by atoms with Crippen molar-refractivity contribution in [1.29, 1.82) is 0 Å². The lowest BCUT2D eigenvalue weighted by atomic mass is 10.1. The van der Waals surface area contributed by atoms with E-state index in [-0.39, 0.29) is 17.9 Å². The van der Waals surface area contributed by atoms with E-state index in [0.717, 1.165) is 207 Å². The van der Waals surface area contributed by atoms with Crippen molar-refractivity contribution in [1.82, 2.24) is 35.6 Å². The molecule has 0 spiro atoms. The maximum atomic E-state index is 12.3. The average molecular weight is 1470 g/mol. The molecule has 0 heterocycles. The summed E-state index contributed by atoms with van der Waals surface area (Å²) in [5.74, 6) is 0.555. The van der Waals surface area contributed by atoms with E-state index in [0.29, 0.717) is 64.2 Å². The molecule has 3 amide bonds. The van der Waals surface area contributed by atoms with Gasteiger partial charge in [-0.1, -0.05) is 227 Å². The van der Waals surface area contributed by atoms with E-state index in [4.69, 9.17) is 27.7 Å². The van der Waals surface area contributed by atoms with Crippen LogP contribution in [0.3, 0.4) is 0 Å². The number of alkyl carbamates (subject to hydrolysis) is 1. The zero-order chi connectivity index (χ0) is 79.0. The molecule has 0 bridgehead atoms. The lowest BCUT2D eigenvalue weighted by Gasteiger charge is -2.20. The van der Waals surface area contributed by atoms with Gasteiger partial charge in [-0.25, -0.2) is 4.79 Å².